The van der Waals surface area contributed by atoms with Crippen LogP contribution in [-0.2, 0) is 0 Å². The Labute approximate surface area is 195 Å². The van der Waals surface area contributed by atoms with Gasteiger partial charge in [-0.15, -0.1) is 0 Å². The SMILES string of the molecule is COc1cccc(C=Nn2c(C3CCCCC3)nc3ccccc3c2=O)c1OCC(C)(C)C. The number of hydrogen-bond donors (Lipinski definition) is 0. The molecule has 1 aliphatic rings. The zero-order valence-corrected chi connectivity index (χ0v) is 20.0. The maximum absolute atomic E-state index is 13.4. The fourth-order valence-electron chi connectivity index (χ4n) is 4.24. The molecule has 0 aliphatic heterocycles. The van der Waals surface area contributed by atoms with Crippen molar-refractivity contribution in [3.8, 4) is 11.5 Å². The van der Waals surface area contributed by atoms with E-state index in [-0.39, 0.29) is 16.9 Å². The van der Waals surface area contributed by atoms with Crippen LogP contribution in [0.3, 0.4) is 0 Å². The van der Waals surface area contributed by atoms with E-state index in [9.17, 15) is 4.79 Å². The second kappa shape index (κ2) is 9.77. The molecule has 1 fully saturated rings. The molecule has 0 atom stereocenters. The molecule has 2 aromatic carbocycles. The molecule has 0 saturated heterocycles. The van der Waals surface area contributed by atoms with Crippen LogP contribution in [0.2, 0.25) is 0 Å². The summed E-state index contributed by atoms with van der Waals surface area (Å²) in [6.45, 7) is 6.88. The number of fused-ring (bicyclic) bond motifs is 1. The van der Waals surface area contributed by atoms with Gasteiger partial charge in [-0.3, -0.25) is 4.79 Å². The predicted molar refractivity (Wildman–Crippen MR) is 133 cm³/mol. The standard InChI is InChI=1S/C27H33N3O3/c1-27(2,3)18-33-24-20(13-10-16-23(24)32-4)17-28-30-25(19-11-6-5-7-12-19)29-22-15-9-8-14-21(22)26(30)31/h8-10,13-17,19H,5-7,11-12,18H2,1-4H3. The number of nitrogens with zero attached hydrogens (tertiary/aromatic N) is 3. The van der Waals surface area contributed by atoms with Crippen molar-refractivity contribution >= 4 is 17.1 Å². The second-order valence-electron chi connectivity index (χ2n) is 9.91. The van der Waals surface area contributed by atoms with Gasteiger partial charge in [-0.25, -0.2) is 4.98 Å². The molecular weight excluding hydrogens is 414 g/mol. The van der Waals surface area contributed by atoms with Crippen molar-refractivity contribution in [3.63, 3.8) is 0 Å². The molecule has 0 bridgehead atoms. The lowest BCUT2D eigenvalue weighted by Crippen LogP contribution is -2.25. The van der Waals surface area contributed by atoms with E-state index in [2.05, 4.69) is 25.9 Å². The van der Waals surface area contributed by atoms with Crippen molar-refractivity contribution in [1.29, 1.82) is 0 Å². The van der Waals surface area contributed by atoms with Crippen LogP contribution in [-0.4, -0.2) is 29.6 Å². The van der Waals surface area contributed by atoms with Gasteiger partial charge in [-0.05, 0) is 42.5 Å². The molecule has 174 valence electrons. The molecule has 6 nitrogen and oxygen atoms in total. The Morgan fingerprint density at radius 1 is 1.09 bits per heavy atom. The van der Waals surface area contributed by atoms with Gasteiger partial charge >= 0.3 is 0 Å². The minimum atomic E-state index is -0.141. The summed E-state index contributed by atoms with van der Waals surface area (Å²) < 4.78 is 13.2. The van der Waals surface area contributed by atoms with Gasteiger partial charge < -0.3 is 9.47 Å². The Bertz CT molecular complexity index is 1200. The highest BCUT2D eigenvalue weighted by Crippen LogP contribution is 2.33. The topological polar surface area (TPSA) is 65.7 Å². The molecule has 6 heteroatoms. The number of aromatic nitrogens is 2. The van der Waals surface area contributed by atoms with Crippen LogP contribution in [0.25, 0.3) is 10.9 Å². The number of para-hydroxylation sites is 2. The van der Waals surface area contributed by atoms with Crippen LogP contribution in [0.15, 0.2) is 52.4 Å². The third-order valence-corrected chi connectivity index (χ3v) is 5.94. The Balaban J connectivity index is 1.79. The normalized spacial score (nSPS) is 15.3. The third kappa shape index (κ3) is 5.27. The second-order valence-corrected chi connectivity index (χ2v) is 9.91. The first-order valence-corrected chi connectivity index (χ1v) is 11.7. The molecule has 0 unspecified atom stereocenters. The summed E-state index contributed by atoms with van der Waals surface area (Å²) >= 11 is 0. The first-order valence-electron chi connectivity index (χ1n) is 11.7. The van der Waals surface area contributed by atoms with Gasteiger partial charge in [0.25, 0.3) is 5.56 Å². The summed E-state index contributed by atoms with van der Waals surface area (Å²) in [4.78, 5) is 18.3. The van der Waals surface area contributed by atoms with Crippen molar-refractivity contribution < 1.29 is 9.47 Å². The zero-order valence-electron chi connectivity index (χ0n) is 20.0. The van der Waals surface area contributed by atoms with Gasteiger partial charge in [0.2, 0.25) is 0 Å². The van der Waals surface area contributed by atoms with Crippen LogP contribution in [0.5, 0.6) is 11.5 Å². The first-order chi connectivity index (χ1) is 15.9. The average Bonchev–Trinajstić information content (AvgIpc) is 2.82. The van der Waals surface area contributed by atoms with E-state index in [0.717, 1.165) is 42.6 Å². The van der Waals surface area contributed by atoms with E-state index >= 15 is 0 Å². The van der Waals surface area contributed by atoms with E-state index in [4.69, 9.17) is 14.5 Å². The summed E-state index contributed by atoms with van der Waals surface area (Å²) in [5.41, 5.74) is 1.33. The van der Waals surface area contributed by atoms with Gasteiger partial charge in [-0.2, -0.15) is 9.78 Å². The van der Waals surface area contributed by atoms with Crippen LogP contribution in [0.1, 0.15) is 70.2 Å². The van der Waals surface area contributed by atoms with Crippen molar-refractivity contribution in [2.75, 3.05) is 13.7 Å². The quantitative estimate of drug-likeness (QED) is 0.451. The molecule has 1 heterocycles. The molecule has 1 aromatic heterocycles. The summed E-state index contributed by atoms with van der Waals surface area (Å²) in [7, 11) is 1.62. The lowest BCUT2D eigenvalue weighted by Gasteiger charge is -2.23. The average molecular weight is 448 g/mol. The predicted octanol–water partition coefficient (Wildman–Crippen LogP) is 5.76. The van der Waals surface area contributed by atoms with Crippen molar-refractivity contribution in [2.24, 2.45) is 10.5 Å². The highest BCUT2D eigenvalue weighted by atomic mass is 16.5. The van der Waals surface area contributed by atoms with Crippen LogP contribution in [0, 0.1) is 5.41 Å². The lowest BCUT2D eigenvalue weighted by molar-refractivity contribution is 0.191. The monoisotopic (exact) mass is 447 g/mol. The van der Waals surface area contributed by atoms with Gasteiger partial charge in [0.15, 0.2) is 11.5 Å². The minimum absolute atomic E-state index is 0.0113. The Morgan fingerprint density at radius 3 is 2.58 bits per heavy atom. The maximum atomic E-state index is 13.4. The molecule has 0 N–H and O–H groups in total. The molecular formula is C27H33N3O3. The van der Waals surface area contributed by atoms with E-state index in [1.54, 1.807) is 13.3 Å². The summed E-state index contributed by atoms with van der Waals surface area (Å²) in [5.74, 6) is 2.24. The van der Waals surface area contributed by atoms with Crippen molar-refractivity contribution in [3.05, 3.63) is 64.2 Å². The van der Waals surface area contributed by atoms with Crippen LogP contribution < -0.4 is 15.0 Å². The number of benzene rings is 2. The molecule has 0 radical (unpaired) electrons. The summed E-state index contributed by atoms with van der Waals surface area (Å²) in [6.07, 6.45) is 7.27. The molecule has 1 saturated carbocycles. The Kier molecular flexibility index (Phi) is 6.82. The van der Waals surface area contributed by atoms with E-state index in [1.165, 1.54) is 11.1 Å². The Morgan fingerprint density at radius 2 is 1.85 bits per heavy atom. The van der Waals surface area contributed by atoms with Crippen molar-refractivity contribution in [2.45, 2.75) is 58.8 Å². The fourth-order valence-corrected chi connectivity index (χ4v) is 4.24. The molecule has 3 aromatic rings. The van der Waals surface area contributed by atoms with Gasteiger partial charge in [0, 0.05) is 11.5 Å². The van der Waals surface area contributed by atoms with Gasteiger partial charge in [0.05, 0.1) is 30.8 Å². The lowest BCUT2D eigenvalue weighted by atomic mass is 9.88. The van der Waals surface area contributed by atoms with E-state index in [0.29, 0.717) is 23.5 Å². The number of rotatable bonds is 6. The molecule has 0 spiro atoms. The highest BCUT2D eigenvalue weighted by molar-refractivity contribution is 5.85. The number of hydrogen-bond acceptors (Lipinski definition) is 5. The van der Waals surface area contributed by atoms with E-state index < -0.39 is 0 Å². The third-order valence-electron chi connectivity index (χ3n) is 5.94. The van der Waals surface area contributed by atoms with E-state index in [1.807, 2.05) is 42.5 Å². The molecule has 33 heavy (non-hydrogen) atoms. The minimum Gasteiger partial charge on any atom is -0.493 e. The van der Waals surface area contributed by atoms with Gasteiger partial charge in [-0.1, -0.05) is 58.2 Å². The molecule has 4 rings (SSSR count). The van der Waals surface area contributed by atoms with Crippen LogP contribution in [0.4, 0.5) is 0 Å². The number of ether oxygens (including phenoxy) is 2. The molecule has 1 aliphatic carbocycles. The first kappa shape index (κ1) is 23.0. The zero-order chi connectivity index (χ0) is 23.4. The smallest absolute Gasteiger partial charge is 0.282 e. The molecule has 0 amide bonds. The summed E-state index contributed by atoms with van der Waals surface area (Å²) in [5, 5.41) is 5.24. The fraction of sp³-hybridized carbons (Fsp3) is 0.444. The van der Waals surface area contributed by atoms with Crippen molar-refractivity contribution in [1.82, 2.24) is 9.66 Å². The summed E-state index contributed by atoms with van der Waals surface area (Å²) in [6, 6.07) is 13.2. The number of methoxy groups -OCH3 is 1. The Hall–Kier alpha value is -3.15. The largest absolute Gasteiger partial charge is 0.493 e. The van der Waals surface area contributed by atoms with Crippen LogP contribution >= 0.6 is 0 Å². The van der Waals surface area contributed by atoms with Gasteiger partial charge in [0.1, 0.15) is 5.82 Å². The highest BCUT2D eigenvalue weighted by Gasteiger charge is 2.22. The maximum Gasteiger partial charge on any atom is 0.282 e.